The van der Waals surface area contributed by atoms with Crippen LogP contribution in [0.4, 0.5) is 0 Å². The number of esters is 2. The van der Waals surface area contributed by atoms with Crippen LogP contribution in [0.15, 0.2) is 60.7 Å². The van der Waals surface area contributed by atoms with E-state index in [-0.39, 0.29) is 23.3 Å². The molecule has 182 valence electrons. The summed E-state index contributed by atoms with van der Waals surface area (Å²) in [6.45, 7) is 0. The molecule has 0 radical (unpaired) electrons. The summed E-state index contributed by atoms with van der Waals surface area (Å²) in [4.78, 5) is 27.4. The zero-order chi connectivity index (χ0) is 24.0. The van der Waals surface area contributed by atoms with Crippen LogP contribution in [0.3, 0.4) is 0 Å². The first-order chi connectivity index (χ1) is 16.5. The average Bonchev–Trinajstić information content (AvgIpc) is 2.89. The minimum atomic E-state index is -2.70. The van der Waals surface area contributed by atoms with Crippen molar-refractivity contribution in [1.29, 1.82) is 0 Å². The van der Waals surface area contributed by atoms with E-state index in [1.165, 1.54) is 24.3 Å². The van der Waals surface area contributed by atoms with Gasteiger partial charge in [-0.3, -0.25) is 0 Å². The predicted molar refractivity (Wildman–Crippen MR) is 127 cm³/mol. The number of hydrogen-bond acceptors (Lipinski definition) is 6. The van der Waals surface area contributed by atoms with E-state index in [1.54, 1.807) is 36.4 Å². The van der Waals surface area contributed by atoms with E-state index >= 15 is 0 Å². The van der Waals surface area contributed by atoms with Gasteiger partial charge in [0.15, 0.2) is 0 Å². The van der Waals surface area contributed by atoms with Crippen molar-refractivity contribution in [3.63, 3.8) is 0 Å². The second kappa shape index (κ2) is 10.7. The molecular weight excluding hydrogens is 432 g/mol. The van der Waals surface area contributed by atoms with Crippen molar-refractivity contribution in [1.82, 2.24) is 0 Å². The van der Waals surface area contributed by atoms with Gasteiger partial charge < -0.3 is 19.7 Å². The van der Waals surface area contributed by atoms with Crippen molar-refractivity contribution in [2.45, 2.75) is 87.6 Å². The first kappa shape index (κ1) is 24.4. The molecule has 0 heterocycles. The van der Waals surface area contributed by atoms with Gasteiger partial charge in [-0.25, -0.2) is 9.59 Å². The molecule has 2 atom stereocenters. The molecule has 0 aromatic heterocycles. The van der Waals surface area contributed by atoms with E-state index in [9.17, 15) is 19.8 Å². The lowest BCUT2D eigenvalue weighted by Gasteiger charge is -2.41. The molecule has 4 rings (SSSR count). The number of ether oxygens (including phenoxy) is 2. The molecule has 2 fully saturated rings. The minimum Gasteiger partial charge on any atom is -0.460 e. The number of rotatable bonds is 7. The lowest BCUT2D eigenvalue weighted by molar-refractivity contribution is -0.226. The molecule has 2 unspecified atom stereocenters. The van der Waals surface area contributed by atoms with E-state index in [0.717, 1.165) is 38.5 Å². The average molecular weight is 467 g/mol. The molecular formula is C28H34O6. The van der Waals surface area contributed by atoms with Crippen LogP contribution in [0, 0.1) is 0 Å². The highest BCUT2D eigenvalue weighted by Gasteiger charge is 2.64. The number of carbonyl (C=O) groups is 2. The predicted octanol–water partition coefficient (Wildman–Crippen LogP) is 4.51. The molecule has 2 aliphatic carbocycles. The summed E-state index contributed by atoms with van der Waals surface area (Å²) in [5.41, 5.74) is -5.25. The Balaban J connectivity index is 1.79. The second-order valence-corrected chi connectivity index (χ2v) is 9.48. The third-order valence-corrected chi connectivity index (χ3v) is 7.15. The maximum Gasteiger partial charge on any atom is 0.347 e. The van der Waals surface area contributed by atoms with Crippen LogP contribution in [-0.4, -0.2) is 34.4 Å². The van der Waals surface area contributed by atoms with E-state index in [4.69, 9.17) is 9.47 Å². The van der Waals surface area contributed by atoms with Crippen LogP contribution in [0.1, 0.15) is 75.3 Å². The summed E-state index contributed by atoms with van der Waals surface area (Å²) in [5, 5.41) is 24.3. The molecule has 0 bridgehead atoms. The topological polar surface area (TPSA) is 93.1 Å². The van der Waals surface area contributed by atoms with Gasteiger partial charge in [-0.1, -0.05) is 73.5 Å². The summed E-state index contributed by atoms with van der Waals surface area (Å²) < 4.78 is 11.5. The van der Waals surface area contributed by atoms with Crippen molar-refractivity contribution < 1.29 is 29.3 Å². The molecule has 0 aliphatic heterocycles. The first-order valence-corrected chi connectivity index (χ1v) is 12.4. The molecule has 0 amide bonds. The van der Waals surface area contributed by atoms with Crippen LogP contribution in [-0.2, 0) is 30.3 Å². The van der Waals surface area contributed by atoms with Crippen LogP contribution < -0.4 is 0 Å². The Hall–Kier alpha value is -2.70. The Morgan fingerprint density at radius 3 is 1.24 bits per heavy atom. The molecule has 2 aromatic rings. The normalized spacial score (nSPS) is 21.1. The van der Waals surface area contributed by atoms with E-state index in [0.29, 0.717) is 25.7 Å². The van der Waals surface area contributed by atoms with Crippen molar-refractivity contribution in [3.8, 4) is 0 Å². The molecule has 2 aromatic carbocycles. The van der Waals surface area contributed by atoms with Crippen LogP contribution in [0.2, 0.25) is 0 Å². The Kier molecular flexibility index (Phi) is 7.69. The second-order valence-electron chi connectivity index (χ2n) is 9.48. The molecule has 2 saturated carbocycles. The van der Waals surface area contributed by atoms with Gasteiger partial charge in [0.2, 0.25) is 11.2 Å². The fourth-order valence-electron chi connectivity index (χ4n) is 5.15. The van der Waals surface area contributed by atoms with Crippen molar-refractivity contribution in [2.24, 2.45) is 0 Å². The quantitative estimate of drug-likeness (QED) is 0.583. The number of carbonyl (C=O) groups excluding carboxylic acids is 2. The number of benzene rings is 2. The Morgan fingerprint density at radius 2 is 0.912 bits per heavy atom. The Bertz CT molecular complexity index is 870. The molecule has 0 saturated heterocycles. The smallest absolute Gasteiger partial charge is 0.347 e. The van der Waals surface area contributed by atoms with Gasteiger partial charge in [0.25, 0.3) is 0 Å². The summed E-state index contributed by atoms with van der Waals surface area (Å²) in [6.07, 6.45) is 7.85. The summed E-state index contributed by atoms with van der Waals surface area (Å²) in [6, 6.07) is 16.1. The van der Waals surface area contributed by atoms with Crippen LogP contribution >= 0.6 is 0 Å². The van der Waals surface area contributed by atoms with Gasteiger partial charge in [-0.05, 0) is 62.5 Å². The zero-order valence-electron chi connectivity index (χ0n) is 19.5. The highest BCUT2D eigenvalue weighted by Crippen LogP contribution is 2.44. The molecule has 34 heavy (non-hydrogen) atoms. The molecule has 0 spiro atoms. The van der Waals surface area contributed by atoms with Crippen molar-refractivity contribution in [3.05, 3.63) is 71.8 Å². The van der Waals surface area contributed by atoms with Gasteiger partial charge in [-0.2, -0.15) is 0 Å². The standard InChI is InChI=1S/C28H34O6/c29-25(33-23-17-9-3-10-18-23)27(31,21-13-5-1-6-14-21)28(32,22-15-7-2-8-16-22)26(30)34-24-19-11-4-12-20-24/h1-2,5-8,13-16,23-24,31-32H,3-4,9-12,17-20H2. The summed E-state index contributed by atoms with van der Waals surface area (Å²) in [5.74, 6) is -2.09. The molecule has 6 nitrogen and oxygen atoms in total. The molecule has 6 heteroatoms. The van der Waals surface area contributed by atoms with E-state index in [2.05, 4.69) is 0 Å². The zero-order valence-corrected chi connectivity index (χ0v) is 19.5. The number of aliphatic hydroxyl groups is 2. The van der Waals surface area contributed by atoms with Crippen molar-refractivity contribution in [2.75, 3.05) is 0 Å². The van der Waals surface area contributed by atoms with E-state index < -0.39 is 23.1 Å². The van der Waals surface area contributed by atoms with Gasteiger partial charge in [0, 0.05) is 0 Å². The highest BCUT2D eigenvalue weighted by atomic mass is 16.6. The SMILES string of the molecule is O=C(OC1CCCCC1)C(O)(c1ccccc1)C(O)(C(=O)OC1CCCCC1)c1ccccc1. The highest BCUT2D eigenvalue weighted by molar-refractivity contribution is 5.94. The van der Waals surface area contributed by atoms with E-state index in [1.807, 2.05) is 0 Å². The maximum absolute atomic E-state index is 13.7. The van der Waals surface area contributed by atoms with Gasteiger partial charge in [-0.15, -0.1) is 0 Å². The Morgan fingerprint density at radius 1 is 0.588 bits per heavy atom. The Labute approximate surface area is 200 Å². The van der Waals surface area contributed by atoms with Gasteiger partial charge >= 0.3 is 11.9 Å². The van der Waals surface area contributed by atoms with Crippen LogP contribution in [0.5, 0.6) is 0 Å². The number of hydrogen-bond donors (Lipinski definition) is 2. The summed E-state index contributed by atoms with van der Waals surface area (Å²) in [7, 11) is 0. The molecule has 2 N–H and O–H groups in total. The lowest BCUT2D eigenvalue weighted by atomic mass is 9.73. The third-order valence-electron chi connectivity index (χ3n) is 7.15. The van der Waals surface area contributed by atoms with Gasteiger partial charge in [0.1, 0.15) is 12.2 Å². The van der Waals surface area contributed by atoms with Crippen LogP contribution in [0.25, 0.3) is 0 Å². The first-order valence-electron chi connectivity index (χ1n) is 12.4. The lowest BCUT2D eigenvalue weighted by Crippen LogP contribution is -2.61. The fourth-order valence-corrected chi connectivity index (χ4v) is 5.15. The van der Waals surface area contributed by atoms with Gasteiger partial charge in [0.05, 0.1) is 0 Å². The monoisotopic (exact) mass is 466 g/mol. The fraction of sp³-hybridized carbons (Fsp3) is 0.500. The minimum absolute atomic E-state index is 0.0720. The largest absolute Gasteiger partial charge is 0.460 e. The maximum atomic E-state index is 13.7. The summed E-state index contributed by atoms with van der Waals surface area (Å²) >= 11 is 0. The third kappa shape index (κ3) is 4.75. The van der Waals surface area contributed by atoms with Crippen molar-refractivity contribution >= 4 is 11.9 Å². The molecule has 2 aliphatic rings.